The van der Waals surface area contributed by atoms with Crippen molar-refractivity contribution in [1.29, 1.82) is 0 Å². The summed E-state index contributed by atoms with van der Waals surface area (Å²) >= 11 is 0. The molecule has 2 aliphatic rings. The Morgan fingerprint density at radius 3 is 1.97 bits per heavy atom. The first-order chi connectivity index (χ1) is 16.1. The lowest BCUT2D eigenvalue weighted by atomic mass is 9.50. The first kappa shape index (κ1) is 25.3. The van der Waals surface area contributed by atoms with E-state index < -0.39 is 52.2 Å². The number of hydrogen-bond donors (Lipinski definition) is 1. The molecule has 1 heterocycles. The summed E-state index contributed by atoms with van der Waals surface area (Å²) in [5.74, 6) is 0. The fraction of sp³-hybridized carbons (Fsp3) is 0.480. The van der Waals surface area contributed by atoms with Gasteiger partial charge in [0, 0.05) is 5.41 Å². The SMILES string of the molecule is CC(OCC1(c2ccccc2)CC2(C1)NC(=O)OC2(C)C)c1cc(C(F)(F)F)cc(C(F)(F)F)c1. The van der Waals surface area contributed by atoms with E-state index in [9.17, 15) is 31.1 Å². The van der Waals surface area contributed by atoms with Crippen LogP contribution >= 0.6 is 0 Å². The van der Waals surface area contributed by atoms with Crippen LogP contribution in [0.2, 0.25) is 0 Å². The van der Waals surface area contributed by atoms with E-state index >= 15 is 0 Å². The van der Waals surface area contributed by atoms with Crippen molar-refractivity contribution in [2.75, 3.05) is 6.61 Å². The average Bonchev–Trinajstić information content (AvgIpc) is 2.97. The van der Waals surface area contributed by atoms with E-state index in [0.717, 1.165) is 5.56 Å². The quantitative estimate of drug-likeness (QED) is 0.459. The van der Waals surface area contributed by atoms with Gasteiger partial charge in [-0.05, 0) is 62.9 Å². The molecule has 4 rings (SSSR count). The van der Waals surface area contributed by atoms with Crippen molar-refractivity contribution in [1.82, 2.24) is 5.32 Å². The minimum absolute atomic E-state index is 0.0312. The molecule has 35 heavy (non-hydrogen) atoms. The molecule has 2 fully saturated rings. The Bertz CT molecular complexity index is 1070. The summed E-state index contributed by atoms with van der Waals surface area (Å²) in [6, 6.07) is 10.8. The molecule has 0 bridgehead atoms. The van der Waals surface area contributed by atoms with E-state index in [1.165, 1.54) is 6.92 Å². The highest BCUT2D eigenvalue weighted by Crippen LogP contribution is 2.57. The second-order valence-corrected chi connectivity index (χ2v) is 9.90. The summed E-state index contributed by atoms with van der Waals surface area (Å²) in [4.78, 5) is 11.9. The number of alkyl carbamates (subject to hydrolysis) is 1. The van der Waals surface area contributed by atoms with Crippen molar-refractivity contribution in [2.24, 2.45) is 0 Å². The molecule has 1 atom stereocenters. The van der Waals surface area contributed by atoms with Gasteiger partial charge in [0.15, 0.2) is 0 Å². The summed E-state index contributed by atoms with van der Waals surface area (Å²) < 4.78 is 91.0. The first-order valence-corrected chi connectivity index (χ1v) is 11.0. The van der Waals surface area contributed by atoms with Gasteiger partial charge in [-0.15, -0.1) is 0 Å². The van der Waals surface area contributed by atoms with Gasteiger partial charge in [-0.25, -0.2) is 4.79 Å². The molecule has 0 aromatic heterocycles. The van der Waals surface area contributed by atoms with Crippen LogP contribution in [-0.4, -0.2) is 23.8 Å². The molecule has 190 valence electrons. The summed E-state index contributed by atoms with van der Waals surface area (Å²) in [7, 11) is 0. The highest BCUT2D eigenvalue weighted by atomic mass is 19.4. The largest absolute Gasteiger partial charge is 0.441 e. The van der Waals surface area contributed by atoms with Gasteiger partial charge in [0.1, 0.15) is 5.60 Å². The monoisotopic (exact) mass is 501 g/mol. The lowest BCUT2D eigenvalue weighted by molar-refractivity contribution is -0.143. The number of alkyl halides is 6. The summed E-state index contributed by atoms with van der Waals surface area (Å²) in [6.07, 6.45) is -10.6. The van der Waals surface area contributed by atoms with Crippen LogP contribution in [0, 0.1) is 0 Å². The zero-order chi connectivity index (χ0) is 25.9. The fourth-order valence-corrected chi connectivity index (χ4v) is 5.09. The molecule has 2 aromatic rings. The van der Waals surface area contributed by atoms with Crippen molar-refractivity contribution in [3.8, 4) is 0 Å². The Morgan fingerprint density at radius 1 is 0.971 bits per heavy atom. The Kier molecular flexibility index (Phi) is 5.90. The number of ether oxygens (including phenoxy) is 2. The third-order valence-electron chi connectivity index (χ3n) is 7.20. The van der Waals surface area contributed by atoms with Crippen LogP contribution in [0.3, 0.4) is 0 Å². The number of carbonyl (C=O) groups excluding carboxylic acids is 1. The van der Waals surface area contributed by atoms with Gasteiger partial charge < -0.3 is 14.8 Å². The minimum atomic E-state index is -4.94. The van der Waals surface area contributed by atoms with Crippen LogP contribution in [-0.2, 0) is 27.2 Å². The van der Waals surface area contributed by atoms with E-state index in [1.54, 1.807) is 13.8 Å². The van der Waals surface area contributed by atoms with E-state index in [2.05, 4.69) is 5.32 Å². The normalized spacial score (nSPS) is 26.7. The molecule has 1 aliphatic carbocycles. The Hall–Kier alpha value is -2.75. The molecule has 1 N–H and O–H groups in total. The number of benzene rings is 2. The van der Waals surface area contributed by atoms with Gasteiger partial charge in [0.25, 0.3) is 0 Å². The number of hydrogen-bond acceptors (Lipinski definition) is 3. The molecule has 1 unspecified atom stereocenters. The minimum Gasteiger partial charge on any atom is -0.441 e. The summed E-state index contributed by atoms with van der Waals surface area (Å²) in [6.45, 7) is 5.05. The number of rotatable bonds is 5. The maximum atomic E-state index is 13.3. The Balaban J connectivity index is 1.61. The highest BCUT2D eigenvalue weighted by Gasteiger charge is 2.67. The van der Waals surface area contributed by atoms with E-state index in [4.69, 9.17) is 9.47 Å². The number of nitrogens with one attached hydrogen (secondary N) is 1. The molecular weight excluding hydrogens is 476 g/mol. The number of cyclic esters (lactones) is 1. The molecule has 4 nitrogen and oxygen atoms in total. The summed E-state index contributed by atoms with van der Waals surface area (Å²) in [5.41, 5.74) is -4.15. The van der Waals surface area contributed by atoms with Crippen molar-refractivity contribution in [3.05, 3.63) is 70.8 Å². The molecular formula is C25H25F6NO3. The van der Waals surface area contributed by atoms with Gasteiger partial charge in [-0.1, -0.05) is 30.3 Å². The molecule has 1 spiro atoms. The zero-order valence-corrected chi connectivity index (χ0v) is 19.3. The molecule has 1 amide bonds. The van der Waals surface area contributed by atoms with Gasteiger partial charge >= 0.3 is 18.4 Å². The van der Waals surface area contributed by atoms with Crippen LogP contribution in [0.5, 0.6) is 0 Å². The second-order valence-electron chi connectivity index (χ2n) is 9.90. The molecule has 1 saturated heterocycles. The number of halogens is 6. The maximum Gasteiger partial charge on any atom is 0.416 e. The maximum absolute atomic E-state index is 13.3. The molecule has 1 saturated carbocycles. The molecule has 10 heteroatoms. The van der Waals surface area contributed by atoms with E-state index in [0.29, 0.717) is 25.0 Å². The second kappa shape index (κ2) is 8.15. The van der Waals surface area contributed by atoms with Crippen LogP contribution in [0.1, 0.15) is 62.0 Å². The predicted molar refractivity (Wildman–Crippen MR) is 115 cm³/mol. The third-order valence-corrected chi connectivity index (χ3v) is 7.20. The molecule has 2 aromatic carbocycles. The molecule has 0 radical (unpaired) electrons. The summed E-state index contributed by atoms with van der Waals surface area (Å²) in [5, 5.41) is 2.88. The van der Waals surface area contributed by atoms with Crippen molar-refractivity contribution in [2.45, 2.75) is 68.6 Å². The van der Waals surface area contributed by atoms with Crippen molar-refractivity contribution < 1.29 is 40.6 Å². The van der Waals surface area contributed by atoms with Gasteiger partial charge in [-0.2, -0.15) is 26.3 Å². The lowest BCUT2D eigenvalue weighted by Crippen LogP contribution is -2.69. The predicted octanol–water partition coefficient (Wildman–Crippen LogP) is 6.79. The van der Waals surface area contributed by atoms with Crippen LogP contribution in [0.15, 0.2) is 48.5 Å². The van der Waals surface area contributed by atoms with Gasteiger partial charge in [0.2, 0.25) is 0 Å². The third kappa shape index (κ3) is 4.60. The Labute approximate surface area is 198 Å². The number of amides is 1. The average molecular weight is 501 g/mol. The van der Waals surface area contributed by atoms with Crippen LogP contribution in [0.25, 0.3) is 0 Å². The smallest absolute Gasteiger partial charge is 0.416 e. The first-order valence-electron chi connectivity index (χ1n) is 11.0. The van der Waals surface area contributed by atoms with Crippen LogP contribution in [0.4, 0.5) is 31.1 Å². The van der Waals surface area contributed by atoms with Gasteiger partial charge in [0.05, 0.1) is 29.4 Å². The van der Waals surface area contributed by atoms with E-state index in [1.807, 2.05) is 30.3 Å². The Morgan fingerprint density at radius 2 is 1.51 bits per heavy atom. The highest BCUT2D eigenvalue weighted by molar-refractivity contribution is 5.73. The van der Waals surface area contributed by atoms with Crippen LogP contribution < -0.4 is 5.32 Å². The fourth-order valence-electron chi connectivity index (χ4n) is 5.09. The molecule has 1 aliphatic heterocycles. The van der Waals surface area contributed by atoms with Gasteiger partial charge in [-0.3, -0.25) is 0 Å². The zero-order valence-electron chi connectivity index (χ0n) is 19.3. The lowest BCUT2D eigenvalue weighted by Gasteiger charge is -2.58. The van der Waals surface area contributed by atoms with Crippen molar-refractivity contribution in [3.63, 3.8) is 0 Å². The number of carbonyl (C=O) groups is 1. The van der Waals surface area contributed by atoms with Crippen molar-refractivity contribution >= 4 is 6.09 Å². The van der Waals surface area contributed by atoms with E-state index in [-0.39, 0.29) is 18.2 Å². The standard InChI is InChI=1S/C25H25F6NO3/c1-15(16-9-18(24(26,27)28)11-19(10-16)25(29,30)31)34-14-22(17-7-5-4-6-8-17)12-23(13-22)21(2,3)35-20(33)32-23/h4-11,15H,12-14H2,1-3H3,(H,32,33). The topological polar surface area (TPSA) is 47.6 Å².